The summed E-state index contributed by atoms with van der Waals surface area (Å²) in [5, 5.41) is 0. The zero-order valence-corrected chi connectivity index (χ0v) is 19.4. The molecule has 2 amide bonds. The predicted octanol–water partition coefficient (Wildman–Crippen LogP) is 3.31. The third-order valence-corrected chi connectivity index (χ3v) is 5.37. The van der Waals surface area contributed by atoms with Crippen LogP contribution >= 0.6 is 16.1 Å². The molecule has 3 radical (unpaired) electrons. The molecule has 0 aliphatic carbocycles. The molecule has 0 N–H and O–H groups in total. The summed E-state index contributed by atoms with van der Waals surface area (Å²) >= 11 is 3.24. The highest BCUT2D eigenvalue weighted by Crippen LogP contribution is 2.23. The van der Waals surface area contributed by atoms with Crippen molar-refractivity contribution in [2.24, 2.45) is 5.92 Å². The van der Waals surface area contributed by atoms with Crippen LogP contribution in [0.25, 0.3) is 0 Å². The standard InChI is InChI=1S/C20H31BrN4O3.B/c1-16(26)24(13-14-25(21)19(27)28-20(2,3)4)15-17-7-11-23(12-8-17)18-5-9-22-10-6-18;/h5-6,9-10,17H,7-8,11-15H2,1-4H3;. The number of halogens is 1. The Morgan fingerprint density at radius 2 is 1.79 bits per heavy atom. The minimum atomic E-state index is -0.549. The second kappa shape index (κ2) is 11.4. The SMILES string of the molecule is CC(=O)N(CCN(Br)C(=O)OC(C)(C)C)CC1CCN(c2ccncc2)CC1.[B]. The van der Waals surface area contributed by atoms with Crippen molar-refractivity contribution < 1.29 is 14.3 Å². The van der Waals surface area contributed by atoms with Crippen molar-refractivity contribution in [2.45, 2.75) is 46.1 Å². The van der Waals surface area contributed by atoms with Gasteiger partial charge in [0.15, 0.2) is 0 Å². The summed E-state index contributed by atoms with van der Waals surface area (Å²) in [4.78, 5) is 32.4. The van der Waals surface area contributed by atoms with Crippen molar-refractivity contribution in [1.82, 2.24) is 13.8 Å². The van der Waals surface area contributed by atoms with Crippen LogP contribution in [0.3, 0.4) is 0 Å². The van der Waals surface area contributed by atoms with E-state index >= 15 is 0 Å². The summed E-state index contributed by atoms with van der Waals surface area (Å²) in [5.74, 6) is 0.494. The van der Waals surface area contributed by atoms with E-state index in [0.29, 0.717) is 25.6 Å². The number of nitrogens with zero attached hydrogens (tertiary/aromatic N) is 4. The Bertz CT molecular complexity index is 649. The van der Waals surface area contributed by atoms with Gasteiger partial charge < -0.3 is 14.5 Å². The molecule has 1 saturated heterocycles. The van der Waals surface area contributed by atoms with E-state index in [0.717, 1.165) is 25.9 Å². The van der Waals surface area contributed by atoms with Gasteiger partial charge >= 0.3 is 6.09 Å². The van der Waals surface area contributed by atoms with Crippen LogP contribution in [0.15, 0.2) is 24.5 Å². The highest BCUT2D eigenvalue weighted by Gasteiger charge is 2.25. The number of rotatable bonds is 6. The first-order valence-electron chi connectivity index (χ1n) is 9.72. The second-order valence-electron chi connectivity index (χ2n) is 8.17. The molecular weight excluding hydrogens is 435 g/mol. The van der Waals surface area contributed by atoms with Gasteiger partial charge in [0.1, 0.15) is 5.60 Å². The summed E-state index contributed by atoms with van der Waals surface area (Å²) in [7, 11) is 0. The molecule has 0 atom stereocenters. The minimum absolute atomic E-state index is 0. The van der Waals surface area contributed by atoms with E-state index in [4.69, 9.17) is 4.74 Å². The summed E-state index contributed by atoms with van der Waals surface area (Å²) in [5.41, 5.74) is 0.649. The van der Waals surface area contributed by atoms with E-state index < -0.39 is 11.7 Å². The number of amides is 2. The van der Waals surface area contributed by atoms with Crippen LogP contribution in [0.4, 0.5) is 10.5 Å². The Hall–Kier alpha value is -1.77. The lowest BCUT2D eigenvalue weighted by Crippen LogP contribution is -2.43. The topological polar surface area (TPSA) is 66.0 Å². The third kappa shape index (κ3) is 8.64. The number of carbonyl (C=O) groups excluding carboxylic acids is 2. The molecule has 1 aromatic rings. The zero-order valence-electron chi connectivity index (χ0n) is 17.8. The lowest BCUT2D eigenvalue weighted by Gasteiger charge is -2.36. The smallest absolute Gasteiger partial charge is 0.420 e. The van der Waals surface area contributed by atoms with Gasteiger partial charge in [-0.1, -0.05) is 0 Å². The van der Waals surface area contributed by atoms with Gasteiger partial charge in [-0.05, 0) is 51.7 Å². The molecule has 9 heteroatoms. The number of pyridine rings is 1. The maximum atomic E-state index is 12.1. The molecule has 7 nitrogen and oxygen atoms in total. The van der Waals surface area contributed by atoms with E-state index in [1.807, 2.05) is 50.2 Å². The molecule has 1 fully saturated rings. The van der Waals surface area contributed by atoms with Crippen LogP contribution in [-0.2, 0) is 9.53 Å². The number of piperidine rings is 1. The first kappa shape index (κ1) is 25.3. The van der Waals surface area contributed by atoms with Crippen LogP contribution in [-0.4, -0.2) is 72.5 Å². The van der Waals surface area contributed by atoms with Gasteiger partial charge in [-0.25, -0.2) is 8.72 Å². The number of carbonyl (C=O) groups is 2. The van der Waals surface area contributed by atoms with Crippen molar-refractivity contribution in [3.63, 3.8) is 0 Å². The molecular formula is C20H31BBrN4O3. The van der Waals surface area contributed by atoms with E-state index in [1.165, 1.54) is 9.61 Å². The summed E-state index contributed by atoms with van der Waals surface area (Å²) < 4.78 is 6.67. The van der Waals surface area contributed by atoms with E-state index in [-0.39, 0.29) is 14.3 Å². The van der Waals surface area contributed by atoms with Crippen molar-refractivity contribution in [3.05, 3.63) is 24.5 Å². The molecule has 29 heavy (non-hydrogen) atoms. The maximum absolute atomic E-state index is 12.1. The largest absolute Gasteiger partial charge is 0.443 e. The average Bonchev–Trinajstić information content (AvgIpc) is 2.64. The Morgan fingerprint density at radius 3 is 2.31 bits per heavy atom. The highest BCUT2D eigenvalue weighted by molar-refractivity contribution is 9.07. The third-order valence-electron chi connectivity index (χ3n) is 4.72. The number of hydrogen-bond acceptors (Lipinski definition) is 5. The van der Waals surface area contributed by atoms with Crippen LogP contribution in [0.2, 0.25) is 0 Å². The van der Waals surface area contributed by atoms with Crippen LogP contribution in [0, 0.1) is 5.92 Å². The number of aromatic nitrogens is 1. The highest BCUT2D eigenvalue weighted by atomic mass is 79.9. The van der Waals surface area contributed by atoms with Crippen molar-refractivity contribution >= 4 is 42.2 Å². The Labute approximate surface area is 184 Å². The zero-order chi connectivity index (χ0) is 20.7. The summed E-state index contributed by atoms with van der Waals surface area (Å²) in [6, 6.07) is 4.06. The molecule has 159 valence electrons. The van der Waals surface area contributed by atoms with Gasteiger partial charge in [0.05, 0.1) is 22.7 Å². The molecule has 1 aliphatic rings. The first-order chi connectivity index (χ1) is 13.2. The van der Waals surface area contributed by atoms with E-state index in [1.54, 1.807) is 6.92 Å². The molecule has 0 saturated carbocycles. The Kier molecular flexibility index (Phi) is 9.96. The normalized spacial score (nSPS) is 14.7. The molecule has 0 spiro atoms. The fourth-order valence-corrected chi connectivity index (χ4v) is 3.46. The van der Waals surface area contributed by atoms with Crippen molar-refractivity contribution in [1.29, 1.82) is 0 Å². The summed E-state index contributed by atoms with van der Waals surface area (Å²) in [6.45, 7) is 10.6. The Morgan fingerprint density at radius 1 is 1.21 bits per heavy atom. The van der Waals surface area contributed by atoms with Gasteiger partial charge in [0.2, 0.25) is 5.91 Å². The second-order valence-corrected chi connectivity index (χ2v) is 9.02. The van der Waals surface area contributed by atoms with Gasteiger partial charge in [-0.3, -0.25) is 9.78 Å². The fourth-order valence-electron chi connectivity index (χ4n) is 3.23. The molecule has 1 aliphatic heterocycles. The number of anilines is 1. The molecule has 0 unspecified atom stereocenters. The number of hydrogen-bond donors (Lipinski definition) is 0. The van der Waals surface area contributed by atoms with Gasteiger partial charge in [-0.15, -0.1) is 0 Å². The first-order valence-corrected chi connectivity index (χ1v) is 10.4. The lowest BCUT2D eigenvalue weighted by molar-refractivity contribution is -0.129. The average molecular weight is 466 g/mol. The number of ether oxygens (including phenoxy) is 1. The van der Waals surface area contributed by atoms with E-state index in [2.05, 4.69) is 26.0 Å². The van der Waals surface area contributed by atoms with Crippen LogP contribution < -0.4 is 4.90 Å². The van der Waals surface area contributed by atoms with Gasteiger partial charge in [0.25, 0.3) is 0 Å². The molecule has 2 heterocycles. The summed E-state index contributed by atoms with van der Waals surface area (Å²) in [6.07, 6.45) is 5.26. The lowest BCUT2D eigenvalue weighted by atomic mass is 9.95. The molecule has 0 bridgehead atoms. The molecule has 1 aromatic heterocycles. The van der Waals surface area contributed by atoms with E-state index in [9.17, 15) is 9.59 Å². The van der Waals surface area contributed by atoms with Crippen molar-refractivity contribution in [3.8, 4) is 0 Å². The van der Waals surface area contributed by atoms with Gasteiger partial charge in [0, 0.05) is 59.6 Å². The minimum Gasteiger partial charge on any atom is -0.443 e. The molecule has 2 rings (SSSR count). The maximum Gasteiger partial charge on any atom is 0.420 e. The molecule has 0 aromatic carbocycles. The van der Waals surface area contributed by atoms with Crippen LogP contribution in [0.1, 0.15) is 40.5 Å². The quantitative estimate of drug-likeness (QED) is 0.476. The fraction of sp³-hybridized carbons (Fsp3) is 0.650. The van der Waals surface area contributed by atoms with Gasteiger partial charge in [-0.2, -0.15) is 0 Å². The monoisotopic (exact) mass is 465 g/mol. The Balaban J connectivity index is 0.00000420. The predicted molar refractivity (Wildman–Crippen MR) is 119 cm³/mol. The van der Waals surface area contributed by atoms with Crippen molar-refractivity contribution in [2.75, 3.05) is 37.6 Å². The van der Waals surface area contributed by atoms with Crippen LogP contribution in [0.5, 0.6) is 0 Å².